The second-order valence-corrected chi connectivity index (χ2v) is 17.5. The third-order valence-corrected chi connectivity index (χ3v) is 14.2. The van der Waals surface area contributed by atoms with E-state index in [9.17, 15) is 0 Å². The Bertz CT molecular complexity index is 2380. The molecule has 11 rings (SSSR count). The lowest BCUT2D eigenvalue weighted by molar-refractivity contribution is 0.145. The first-order valence-electron chi connectivity index (χ1n) is 22.1. The number of aromatic nitrogens is 1. The van der Waals surface area contributed by atoms with Gasteiger partial charge in [0.15, 0.2) is 6.29 Å². The highest BCUT2D eigenvalue weighted by Gasteiger charge is 2.45. The van der Waals surface area contributed by atoms with Crippen LogP contribution in [0.1, 0.15) is 95.5 Å². The van der Waals surface area contributed by atoms with Gasteiger partial charge in [-0.05, 0) is 148 Å². The summed E-state index contributed by atoms with van der Waals surface area (Å²) in [6.07, 6.45) is 49.1. The maximum absolute atomic E-state index is 4.16. The number of nitrogens with zero attached hydrogens (tertiary/aromatic N) is 2. The fourth-order valence-electron chi connectivity index (χ4n) is 11.3. The number of allylic oxidation sites excluding steroid dienone is 13. The molecule has 2 N–H and O–H groups in total. The van der Waals surface area contributed by atoms with Crippen molar-refractivity contribution in [3.05, 3.63) is 155 Å². The Kier molecular flexibility index (Phi) is 8.99. The Hall–Kier alpha value is -4.80. The minimum atomic E-state index is 0.0334. The van der Waals surface area contributed by atoms with E-state index in [1.54, 1.807) is 0 Å². The van der Waals surface area contributed by atoms with Gasteiger partial charge < -0.3 is 14.8 Å². The molecule has 1 aromatic heterocycles. The lowest BCUT2D eigenvalue weighted by Gasteiger charge is -2.44. The van der Waals surface area contributed by atoms with Gasteiger partial charge in [-0.1, -0.05) is 103 Å². The Balaban J connectivity index is 0.890. The summed E-state index contributed by atoms with van der Waals surface area (Å²) in [7, 11) is 0. The molecule has 0 amide bonds. The predicted molar refractivity (Wildman–Crippen MR) is 234 cm³/mol. The van der Waals surface area contributed by atoms with Crippen LogP contribution in [0.5, 0.6) is 0 Å². The van der Waals surface area contributed by atoms with Crippen molar-refractivity contribution in [2.45, 2.75) is 108 Å². The SMILES string of the molecule is C1=CC(C2=CC(C3C=CCCC3)NC(N3C4=CCCC=C4C4C=CC(C5CC=C(c6ccc7c8ccccc8n(C8=CCCCC8)c7c6)CC5)=CC43)N2)=CCC1. The first-order chi connectivity index (χ1) is 27.8. The van der Waals surface area contributed by atoms with Gasteiger partial charge in [0.05, 0.1) is 17.1 Å². The number of hydrogen-bond acceptors (Lipinski definition) is 3. The molecule has 2 aliphatic heterocycles. The van der Waals surface area contributed by atoms with Crippen molar-refractivity contribution >= 4 is 33.1 Å². The number of rotatable bonds is 6. The third kappa shape index (κ3) is 6.07. The van der Waals surface area contributed by atoms with Crippen LogP contribution >= 0.6 is 0 Å². The quantitative estimate of drug-likeness (QED) is 0.247. The highest BCUT2D eigenvalue weighted by atomic mass is 15.4. The second kappa shape index (κ2) is 14.6. The Morgan fingerprint density at radius 3 is 2.48 bits per heavy atom. The highest BCUT2D eigenvalue weighted by Crippen LogP contribution is 2.47. The normalized spacial score (nSPS) is 30.1. The zero-order chi connectivity index (χ0) is 37.0. The van der Waals surface area contributed by atoms with Crippen LogP contribution in [-0.2, 0) is 0 Å². The summed E-state index contributed by atoms with van der Waals surface area (Å²) in [6.45, 7) is 0. The van der Waals surface area contributed by atoms with Crippen molar-refractivity contribution in [2.24, 2.45) is 17.8 Å². The van der Waals surface area contributed by atoms with Crippen LogP contribution in [-0.4, -0.2) is 27.8 Å². The topological polar surface area (TPSA) is 32.2 Å². The van der Waals surface area contributed by atoms with Crippen molar-refractivity contribution in [2.75, 3.05) is 0 Å². The van der Waals surface area contributed by atoms with Gasteiger partial charge in [0, 0.05) is 39.8 Å². The van der Waals surface area contributed by atoms with E-state index in [0.717, 1.165) is 44.9 Å². The lowest BCUT2D eigenvalue weighted by Crippen LogP contribution is -2.62. The van der Waals surface area contributed by atoms with Gasteiger partial charge >= 0.3 is 0 Å². The van der Waals surface area contributed by atoms with E-state index in [0.29, 0.717) is 29.8 Å². The van der Waals surface area contributed by atoms with Gasteiger partial charge in [-0.3, -0.25) is 5.32 Å². The van der Waals surface area contributed by atoms with Crippen LogP contribution in [0, 0.1) is 17.8 Å². The van der Waals surface area contributed by atoms with Gasteiger partial charge in [-0.15, -0.1) is 0 Å². The summed E-state index contributed by atoms with van der Waals surface area (Å²) >= 11 is 0. The molecule has 6 atom stereocenters. The Morgan fingerprint density at radius 1 is 0.696 bits per heavy atom. The number of likely N-dealkylation sites (tertiary alicyclic amines) is 1. The molecule has 284 valence electrons. The molecule has 6 unspecified atom stereocenters. The molecule has 4 nitrogen and oxygen atoms in total. The Morgan fingerprint density at radius 2 is 1.62 bits per heavy atom. The van der Waals surface area contributed by atoms with E-state index in [4.69, 9.17) is 0 Å². The van der Waals surface area contributed by atoms with Crippen molar-refractivity contribution in [3.63, 3.8) is 0 Å². The molecule has 4 heteroatoms. The molecule has 3 heterocycles. The summed E-state index contributed by atoms with van der Waals surface area (Å²) in [6, 6.07) is 16.9. The predicted octanol–water partition coefficient (Wildman–Crippen LogP) is 12.2. The molecule has 8 aliphatic rings. The van der Waals surface area contributed by atoms with Crippen LogP contribution < -0.4 is 10.6 Å². The van der Waals surface area contributed by atoms with Crippen molar-refractivity contribution in [1.82, 2.24) is 20.1 Å². The van der Waals surface area contributed by atoms with Crippen molar-refractivity contribution in [1.29, 1.82) is 0 Å². The monoisotopic (exact) mass is 736 g/mol. The first kappa shape index (κ1) is 34.4. The van der Waals surface area contributed by atoms with Crippen LogP contribution in [0.25, 0.3) is 33.1 Å². The average molecular weight is 737 g/mol. The molecule has 0 radical (unpaired) electrons. The molecule has 1 fully saturated rings. The zero-order valence-electron chi connectivity index (χ0n) is 32.8. The van der Waals surface area contributed by atoms with Crippen LogP contribution in [0.15, 0.2) is 150 Å². The Labute approximate surface area is 333 Å². The van der Waals surface area contributed by atoms with E-state index >= 15 is 0 Å². The molecule has 0 bridgehead atoms. The minimum Gasteiger partial charge on any atom is -0.353 e. The highest BCUT2D eigenvalue weighted by molar-refractivity contribution is 6.10. The molecular formula is C52H56N4. The summed E-state index contributed by atoms with van der Waals surface area (Å²) < 4.78 is 2.58. The molecule has 6 aliphatic carbocycles. The maximum atomic E-state index is 4.16. The minimum absolute atomic E-state index is 0.0334. The van der Waals surface area contributed by atoms with E-state index in [2.05, 4.69) is 142 Å². The van der Waals surface area contributed by atoms with E-state index in [-0.39, 0.29) is 6.29 Å². The third-order valence-electron chi connectivity index (χ3n) is 14.2. The van der Waals surface area contributed by atoms with Gasteiger partial charge in [0.1, 0.15) is 0 Å². The van der Waals surface area contributed by atoms with E-state index < -0.39 is 0 Å². The number of para-hydroxylation sites is 1. The van der Waals surface area contributed by atoms with Crippen LogP contribution in [0.4, 0.5) is 0 Å². The smallest absolute Gasteiger partial charge is 0.156 e. The fraction of sp³-hybridized carbons (Fsp3) is 0.385. The largest absolute Gasteiger partial charge is 0.353 e. The average Bonchev–Trinajstić information content (AvgIpc) is 3.79. The first-order valence-corrected chi connectivity index (χ1v) is 22.1. The van der Waals surface area contributed by atoms with Gasteiger partial charge in [0.2, 0.25) is 0 Å². The molecule has 2 aromatic carbocycles. The van der Waals surface area contributed by atoms with Crippen molar-refractivity contribution < 1.29 is 0 Å². The van der Waals surface area contributed by atoms with Crippen molar-refractivity contribution in [3.8, 4) is 0 Å². The molecule has 0 saturated carbocycles. The lowest BCUT2D eigenvalue weighted by atomic mass is 9.78. The number of hydrogen-bond donors (Lipinski definition) is 2. The fourth-order valence-corrected chi connectivity index (χ4v) is 11.3. The molecule has 3 aromatic rings. The number of fused-ring (bicyclic) bond motifs is 6. The molecule has 0 spiro atoms. The van der Waals surface area contributed by atoms with Gasteiger partial charge in [-0.2, -0.15) is 0 Å². The number of benzene rings is 2. The summed E-state index contributed by atoms with van der Waals surface area (Å²) in [4.78, 5) is 2.74. The molecular weight excluding hydrogens is 681 g/mol. The number of nitrogens with one attached hydrogen (secondary N) is 2. The molecule has 1 saturated heterocycles. The van der Waals surface area contributed by atoms with E-state index in [1.807, 2.05) is 0 Å². The molecule has 56 heavy (non-hydrogen) atoms. The van der Waals surface area contributed by atoms with E-state index in [1.165, 1.54) is 112 Å². The van der Waals surface area contributed by atoms with Crippen LogP contribution in [0.3, 0.4) is 0 Å². The van der Waals surface area contributed by atoms with Crippen LogP contribution in [0.2, 0.25) is 0 Å². The maximum Gasteiger partial charge on any atom is 0.156 e. The van der Waals surface area contributed by atoms with Gasteiger partial charge in [0.25, 0.3) is 0 Å². The summed E-state index contributed by atoms with van der Waals surface area (Å²) in [5.41, 5.74) is 14.3. The second-order valence-electron chi connectivity index (χ2n) is 17.5. The standard InChI is InChI=1S/C52H56N4/c1-4-14-37(15-5-1)46-34-47(38-16-6-2-7-17-38)54-52(53-46)56-49-23-13-11-21-43(49)45-31-29-40(33-51(45)56)36-26-24-35(25-27-36)39-28-30-44-42-20-10-12-22-48(42)55(50(44)32-39)41-18-8-3-9-19-41/h4,6,10,12,14-16,18,20-24,28-34,36,38,45,47,51-54H,1-3,5,7-9,11,13,17,19,25-27H2. The summed E-state index contributed by atoms with van der Waals surface area (Å²) in [5, 5.41) is 11.0. The van der Waals surface area contributed by atoms with Gasteiger partial charge in [-0.25, -0.2) is 0 Å². The summed E-state index contributed by atoms with van der Waals surface area (Å²) in [5.74, 6) is 1.48. The zero-order valence-corrected chi connectivity index (χ0v) is 32.8.